The van der Waals surface area contributed by atoms with Gasteiger partial charge in [-0.3, -0.25) is 4.90 Å². The van der Waals surface area contributed by atoms with Crippen molar-refractivity contribution in [2.45, 2.75) is 31.3 Å². The summed E-state index contributed by atoms with van der Waals surface area (Å²) in [4.78, 5) is 2.42. The first-order valence-corrected chi connectivity index (χ1v) is 5.54. The topological polar surface area (TPSA) is 42.2 Å². The molecule has 3 rings (SSSR count). The number of halogens is 1. The summed E-state index contributed by atoms with van der Waals surface area (Å²) in [5.41, 5.74) is 1.91. The standard InChI is InChI=1S/C10H12ClN3O/c1-14-7-2-3-8(14)5-6(4-7)9-10(11)13-15-12-9/h4,7-8H,2-3,5H2,1H3. The minimum absolute atomic E-state index is 0.380. The van der Waals surface area contributed by atoms with Gasteiger partial charge in [-0.1, -0.05) is 17.7 Å². The number of rotatable bonds is 1. The zero-order valence-corrected chi connectivity index (χ0v) is 9.24. The van der Waals surface area contributed by atoms with Crippen molar-refractivity contribution >= 4 is 17.2 Å². The number of likely N-dealkylation sites (N-methyl/N-ethyl adjacent to an activating group) is 1. The largest absolute Gasteiger partial charge is 0.297 e. The van der Waals surface area contributed by atoms with Crippen molar-refractivity contribution in [3.63, 3.8) is 0 Å². The quantitative estimate of drug-likeness (QED) is 0.733. The zero-order valence-electron chi connectivity index (χ0n) is 8.48. The molecule has 0 aliphatic carbocycles. The van der Waals surface area contributed by atoms with Gasteiger partial charge in [0.15, 0.2) is 0 Å². The van der Waals surface area contributed by atoms with Gasteiger partial charge in [0.05, 0.1) is 0 Å². The molecule has 0 aromatic carbocycles. The highest BCUT2D eigenvalue weighted by atomic mass is 35.5. The van der Waals surface area contributed by atoms with Gasteiger partial charge in [-0.15, -0.1) is 0 Å². The number of nitrogens with zero attached hydrogens (tertiary/aromatic N) is 3. The van der Waals surface area contributed by atoms with E-state index in [4.69, 9.17) is 11.6 Å². The zero-order chi connectivity index (χ0) is 10.4. The van der Waals surface area contributed by atoms with Crippen LogP contribution in [0.15, 0.2) is 10.7 Å². The molecule has 1 fully saturated rings. The summed E-state index contributed by atoms with van der Waals surface area (Å²) in [6.45, 7) is 0. The molecule has 0 saturated carbocycles. The first-order chi connectivity index (χ1) is 7.25. The van der Waals surface area contributed by atoms with Crippen LogP contribution in [0.25, 0.3) is 5.57 Å². The predicted octanol–water partition coefficient (Wildman–Crippen LogP) is 1.97. The Morgan fingerprint density at radius 1 is 1.47 bits per heavy atom. The van der Waals surface area contributed by atoms with Gasteiger partial charge in [-0.25, -0.2) is 4.63 Å². The van der Waals surface area contributed by atoms with Gasteiger partial charge < -0.3 is 0 Å². The van der Waals surface area contributed by atoms with E-state index in [-0.39, 0.29) is 0 Å². The molecule has 1 aromatic heterocycles. The van der Waals surface area contributed by atoms with Gasteiger partial charge in [0.25, 0.3) is 0 Å². The van der Waals surface area contributed by atoms with E-state index >= 15 is 0 Å². The smallest absolute Gasteiger partial charge is 0.201 e. The van der Waals surface area contributed by atoms with Crippen LogP contribution in [0.3, 0.4) is 0 Å². The van der Waals surface area contributed by atoms with Crippen molar-refractivity contribution in [1.82, 2.24) is 15.2 Å². The molecule has 1 saturated heterocycles. The van der Waals surface area contributed by atoms with Crippen LogP contribution in [0.2, 0.25) is 5.15 Å². The van der Waals surface area contributed by atoms with E-state index in [9.17, 15) is 0 Å². The summed E-state index contributed by atoms with van der Waals surface area (Å²) < 4.78 is 4.63. The average Bonchev–Trinajstić information content (AvgIpc) is 2.70. The molecule has 5 heteroatoms. The molecule has 2 aliphatic rings. The van der Waals surface area contributed by atoms with Crippen molar-refractivity contribution in [2.24, 2.45) is 0 Å². The lowest BCUT2D eigenvalue weighted by Gasteiger charge is -2.29. The Kier molecular flexibility index (Phi) is 2.07. The average molecular weight is 226 g/mol. The molecule has 2 aliphatic heterocycles. The van der Waals surface area contributed by atoms with Crippen molar-refractivity contribution in [3.8, 4) is 0 Å². The second-order valence-electron chi connectivity index (χ2n) is 4.26. The second kappa shape index (κ2) is 3.32. The Bertz CT molecular complexity index is 415. The predicted molar refractivity (Wildman–Crippen MR) is 56.5 cm³/mol. The number of hydrogen-bond donors (Lipinski definition) is 0. The van der Waals surface area contributed by atoms with E-state index in [1.165, 1.54) is 18.4 Å². The third kappa shape index (κ3) is 1.40. The third-order valence-electron chi connectivity index (χ3n) is 3.50. The maximum Gasteiger partial charge on any atom is 0.201 e. The van der Waals surface area contributed by atoms with E-state index in [1.54, 1.807) is 0 Å². The fraction of sp³-hybridized carbons (Fsp3) is 0.600. The minimum Gasteiger partial charge on any atom is -0.297 e. The minimum atomic E-state index is 0.380. The van der Waals surface area contributed by atoms with Crippen LogP contribution in [0.4, 0.5) is 0 Å². The van der Waals surface area contributed by atoms with Gasteiger partial charge in [-0.2, -0.15) is 0 Å². The molecular formula is C10H12ClN3O. The van der Waals surface area contributed by atoms with Crippen molar-refractivity contribution in [3.05, 3.63) is 16.9 Å². The summed E-state index contributed by atoms with van der Waals surface area (Å²) in [7, 11) is 2.18. The van der Waals surface area contributed by atoms with Crippen LogP contribution in [0.5, 0.6) is 0 Å². The number of hydrogen-bond acceptors (Lipinski definition) is 4. The molecule has 4 nitrogen and oxygen atoms in total. The molecule has 2 bridgehead atoms. The lowest BCUT2D eigenvalue weighted by Crippen LogP contribution is -2.34. The molecule has 2 unspecified atom stereocenters. The summed E-state index contributed by atoms with van der Waals surface area (Å²) in [5.74, 6) is 0. The Morgan fingerprint density at radius 3 is 3.00 bits per heavy atom. The molecule has 0 radical (unpaired) electrons. The van der Waals surface area contributed by atoms with E-state index in [2.05, 4.69) is 33.0 Å². The van der Waals surface area contributed by atoms with Gasteiger partial charge >= 0.3 is 0 Å². The van der Waals surface area contributed by atoms with Crippen molar-refractivity contribution < 1.29 is 4.63 Å². The second-order valence-corrected chi connectivity index (χ2v) is 4.62. The van der Waals surface area contributed by atoms with Crippen LogP contribution in [0.1, 0.15) is 25.0 Å². The summed E-state index contributed by atoms with van der Waals surface area (Å²) in [6, 6.07) is 1.16. The van der Waals surface area contributed by atoms with Crippen molar-refractivity contribution in [2.75, 3.05) is 7.05 Å². The fourth-order valence-corrected chi connectivity index (χ4v) is 2.77. The summed E-state index contributed by atoms with van der Waals surface area (Å²) in [5, 5.41) is 7.84. The number of aromatic nitrogens is 2. The molecule has 15 heavy (non-hydrogen) atoms. The third-order valence-corrected chi connectivity index (χ3v) is 3.74. The molecule has 0 amide bonds. The molecule has 2 atom stereocenters. The molecule has 0 spiro atoms. The molecule has 1 aromatic rings. The Hall–Kier alpha value is -0.870. The van der Waals surface area contributed by atoms with Crippen LogP contribution >= 0.6 is 11.6 Å². The van der Waals surface area contributed by atoms with Crippen LogP contribution in [-0.2, 0) is 0 Å². The van der Waals surface area contributed by atoms with E-state index in [0.717, 1.165) is 12.1 Å². The van der Waals surface area contributed by atoms with Crippen LogP contribution in [-0.4, -0.2) is 34.3 Å². The summed E-state index contributed by atoms with van der Waals surface area (Å²) in [6.07, 6.45) is 5.73. The first kappa shape index (κ1) is 9.36. The molecule has 0 N–H and O–H groups in total. The Labute approximate surface area is 92.8 Å². The SMILES string of the molecule is CN1C2C=C(c3nonc3Cl)CC1CC2. The highest BCUT2D eigenvalue weighted by molar-refractivity contribution is 6.30. The molecule has 80 valence electrons. The highest BCUT2D eigenvalue weighted by Crippen LogP contribution is 2.38. The Balaban J connectivity index is 1.97. The van der Waals surface area contributed by atoms with E-state index in [1.807, 2.05) is 0 Å². The van der Waals surface area contributed by atoms with E-state index in [0.29, 0.717) is 17.2 Å². The van der Waals surface area contributed by atoms with Gasteiger partial charge in [0, 0.05) is 12.1 Å². The first-order valence-electron chi connectivity index (χ1n) is 5.17. The number of fused-ring (bicyclic) bond motifs is 2. The molecular weight excluding hydrogens is 214 g/mol. The lowest BCUT2D eigenvalue weighted by atomic mass is 10.00. The maximum atomic E-state index is 5.90. The van der Waals surface area contributed by atoms with E-state index < -0.39 is 0 Å². The Morgan fingerprint density at radius 2 is 2.33 bits per heavy atom. The maximum absolute atomic E-state index is 5.90. The lowest BCUT2D eigenvalue weighted by molar-refractivity contribution is 0.263. The van der Waals surface area contributed by atoms with Gasteiger partial charge in [0.1, 0.15) is 5.69 Å². The van der Waals surface area contributed by atoms with Crippen molar-refractivity contribution in [1.29, 1.82) is 0 Å². The highest BCUT2D eigenvalue weighted by Gasteiger charge is 2.35. The van der Waals surface area contributed by atoms with Crippen LogP contribution in [0, 0.1) is 0 Å². The normalized spacial score (nSPS) is 30.7. The van der Waals surface area contributed by atoms with Gasteiger partial charge in [0.2, 0.25) is 5.15 Å². The van der Waals surface area contributed by atoms with Crippen LogP contribution < -0.4 is 0 Å². The monoisotopic (exact) mass is 225 g/mol. The van der Waals surface area contributed by atoms with Gasteiger partial charge in [-0.05, 0) is 42.2 Å². The summed E-state index contributed by atoms with van der Waals surface area (Å²) >= 11 is 5.90. The fourth-order valence-electron chi connectivity index (χ4n) is 2.59. The molecule has 3 heterocycles.